The molecule has 4 heteroatoms. The molecule has 0 saturated carbocycles. The van der Waals surface area contributed by atoms with Gasteiger partial charge in [-0.2, -0.15) is 0 Å². The van der Waals surface area contributed by atoms with Crippen molar-refractivity contribution in [3.63, 3.8) is 0 Å². The molecule has 20 valence electrons. The molecular formula is H2KLiNiO. The Balaban J connectivity index is -0.000000000833. The second-order valence-electron chi connectivity index (χ2n) is 0. The van der Waals surface area contributed by atoms with Crippen LogP contribution in [0.15, 0.2) is 0 Å². The summed E-state index contributed by atoms with van der Waals surface area (Å²) in [6.07, 6.45) is 0. The fourth-order valence-electron chi connectivity index (χ4n) is 0. The second kappa shape index (κ2) is 17.7. The topological polar surface area (TPSA) is 17.1 Å². The molecule has 0 aromatic rings. The van der Waals surface area contributed by atoms with Crippen LogP contribution in [0.1, 0.15) is 2.85 Å². The van der Waals surface area contributed by atoms with E-state index in [1.807, 2.05) is 0 Å². The summed E-state index contributed by atoms with van der Waals surface area (Å²) in [7, 11) is 0. The molecule has 0 saturated heterocycles. The van der Waals surface area contributed by atoms with E-state index in [1.165, 1.54) is 0 Å². The third kappa shape index (κ3) is 8.82. The van der Waals surface area contributed by atoms with Gasteiger partial charge in [-0.05, 0) is 0 Å². The van der Waals surface area contributed by atoms with Crippen LogP contribution in [0.25, 0.3) is 0 Å². The SMILES string of the molecule is [H-].[H-].[K+].[Li+].[O]=[Ni]. The molecule has 0 aromatic carbocycles. The van der Waals surface area contributed by atoms with Gasteiger partial charge in [-0.25, -0.2) is 0 Å². The zero-order valence-corrected chi connectivity index (χ0v) is 6.84. The Bertz CT molecular complexity index is 13.5. The molecule has 0 rings (SSSR count). The molecule has 0 radical (unpaired) electrons. The van der Waals surface area contributed by atoms with Gasteiger partial charge in [0.1, 0.15) is 0 Å². The van der Waals surface area contributed by atoms with Gasteiger partial charge in [-0.1, -0.05) is 0 Å². The summed E-state index contributed by atoms with van der Waals surface area (Å²) in [6.45, 7) is 0. The second-order valence-corrected chi connectivity index (χ2v) is 0. The van der Waals surface area contributed by atoms with Crippen molar-refractivity contribution in [2.45, 2.75) is 0 Å². The van der Waals surface area contributed by atoms with Crippen molar-refractivity contribution in [3.05, 3.63) is 0 Å². The van der Waals surface area contributed by atoms with Gasteiger partial charge in [0.05, 0.1) is 0 Å². The maximum atomic E-state index is 7.88. The molecule has 0 amide bonds. The average molecular weight is 123 g/mol. The molecule has 0 aliphatic carbocycles. The van der Waals surface area contributed by atoms with Gasteiger partial charge in [0.2, 0.25) is 0 Å². The van der Waals surface area contributed by atoms with Crippen molar-refractivity contribution in [1.29, 1.82) is 0 Å². The predicted octanol–water partition coefficient (Wildman–Crippen LogP) is -5.89. The summed E-state index contributed by atoms with van der Waals surface area (Å²) in [4.78, 5) is 0. The van der Waals surface area contributed by atoms with Crippen LogP contribution in [0.4, 0.5) is 0 Å². The van der Waals surface area contributed by atoms with Gasteiger partial charge in [-0.15, -0.1) is 0 Å². The van der Waals surface area contributed by atoms with Crippen molar-refractivity contribution < 1.29 is 92.4 Å². The quantitative estimate of drug-likeness (QED) is 0.293. The molecule has 0 fully saturated rings. The van der Waals surface area contributed by atoms with Crippen LogP contribution in [0, 0.1) is 0 Å². The van der Waals surface area contributed by atoms with E-state index in [2.05, 4.69) is 15.4 Å². The molecule has 0 aromatic heterocycles. The molecule has 0 bridgehead atoms. The Morgan fingerprint density at radius 2 is 1.50 bits per heavy atom. The van der Waals surface area contributed by atoms with Crippen LogP contribution in [-0.2, 0) is 19.3 Å². The average Bonchev–Trinajstić information content (AvgIpc) is 1.00. The van der Waals surface area contributed by atoms with Gasteiger partial charge in [0.15, 0.2) is 0 Å². The number of hydrogen-bond donors (Lipinski definition) is 0. The number of rotatable bonds is 0. The van der Waals surface area contributed by atoms with Crippen molar-refractivity contribution in [2.75, 3.05) is 0 Å². The Labute approximate surface area is 90.4 Å². The van der Waals surface area contributed by atoms with Crippen LogP contribution in [-0.4, -0.2) is 0 Å². The predicted molar refractivity (Wildman–Crippen MR) is 2.91 cm³/mol. The molecule has 0 N–H and O–H groups in total. The van der Waals surface area contributed by atoms with E-state index in [-0.39, 0.29) is 73.1 Å². The molecule has 0 atom stereocenters. The van der Waals surface area contributed by atoms with Crippen molar-refractivity contribution in [2.24, 2.45) is 0 Å². The summed E-state index contributed by atoms with van der Waals surface area (Å²) in [6, 6.07) is 0. The van der Waals surface area contributed by atoms with Crippen molar-refractivity contribution in [3.8, 4) is 0 Å². The first kappa shape index (κ1) is 16.0. The van der Waals surface area contributed by atoms with E-state index in [4.69, 9.17) is 3.90 Å². The standard InChI is InChI=1S/K.Li.Ni.O.2H/q2*+1;;;2*-1. The molecule has 1 nitrogen and oxygen atoms in total. The normalized spacial score (nSPS) is 1.50. The monoisotopic (exact) mass is 122 g/mol. The summed E-state index contributed by atoms with van der Waals surface area (Å²) < 4.78 is 7.88. The van der Waals surface area contributed by atoms with E-state index in [0.29, 0.717) is 0 Å². The van der Waals surface area contributed by atoms with E-state index in [0.717, 1.165) is 0 Å². The van der Waals surface area contributed by atoms with Crippen LogP contribution in [0.2, 0.25) is 0 Å². The third-order valence-electron chi connectivity index (χ3n) is 0. The van der Waals surface area contributed by atoms with Crippen molar-refractivity contribution in [1.82, 2.24) is 0 Å². The Morgan fingerprint density at radius 1 is 1.50 bits per heavy atom. The first-order valence-corrected chi connectivity index (χ1v) is 0.532. The Hall–Kier alpha value is 2.53. The van der Waals surface area contributed by atoms with Crippen LogP contribution >= 0.6 is 0 Å². The van der Waals surface area contributed by atoms with Gasteiger partial charge in [-0.3, -0.25) is 0 Å². The first-order chi connectivity index (χ1) is 1.00. The van der Waals surface area contributed by atoms with E-state index in [1.54, 1.807) is 0 Å². The first-order valence-electron chi connectivity index (χ1n) is 0.129. The molecule has 0 unspecified atom stereocenters. The Kier molecular flexibility index (Phi) is 71.1. The molecule has 0 spiro atoms. The molecule has 0 heterocycles. The summed E-state index contributed by atoms with van der Waals surface area (Å²) in [5, 5.41) is 0. The van der Waals surface area contributed by atoms with Crippen molar-refractivity contribution >= 4 is 0 Å². The fraction of sp³-hybridized carbons (Fsp3) is 0. The summed E-state index contributed by atoms with van der Waals surface area (Å²) in [5.74, 6) is 0. The van der Waals surface area contributed by atoms with Crippen LogP contribution in [0.5, 0.6) is 0 Å². The van der Waals surface area contributed by atoms with E-state index in [9.17, 15) is 0 Å². The third-order valence-corrected chi connectivity index (χ3v) is 0. The van der Waals surface area contributed by atoms with Gasteiger partial charge >= 0.3 is 89.5 Å². The summed E-state index contributed by atoms with van der Waals surface area (Å²) >= 11 is 2.62. The van der Waals surface area contributed by atoms with Gasteiger partial charge < -0.3 is 2.85 Å². The molecular weight excluding hydrogens is 121 g/mol. The van der Waals surface area contributed by atoms with Crippen LogP contribution in [0.3, 0.4) is 0 Å². The zero-order valence-electron chi connectivity index (χ0n) is 4.72. The summed E-state index contributed by atoms with van der Waals surface area (Å²) in [5.41, 5.74) is 0. The molecule has 4 heavy (non-hydrogen) atoms. The fourth-order valence-corrected chi connectivity index (χ4v) is 0. The maximum absolute atomic E-state index is 7.88. The minimum atomic E-state index is 0. The van der Waals surface area contributed by atoms with Gasteiger partial charge in [0.25, 0.3) is 0 Å². The minimum absolute atomic E-state index is 0. The molecule has 0 aliphatic rings. The molecule has 0 aliphatic heterocycles. The number of hydrogen-bond acceptors (Lipinski definition) is 1. The van der Waals surface area contributed by atoms with Gasteiger partial charge in [0, 0.05) is 0 Å². The Morgan fingerprint density at radius 3 is 1.50 bits per heavy atom. The van der Waals surface area contributed by atoms with E-state index < -0.39 is 0 Å². The van der Waals surface area contributed by atoms with E-state index >= 15 is 0 Å². The van der Waals surface area contributed by atoms with Crippen LogP contribution < -0.4 is 70.2 Å². The zero-order chi connectivity index (χ0) is 2.00.